The van der Waals surface area contributed by atoms with Crippen molar-refractivity contribution in [1.82, 2.24) is 10.2 Å². The van der Waals surface area contributed by atoms with Crippen LogP contribution in [0.1, 0.15) is 76.3 Å². The average molecular weight is 561 g/mol. The van der Waals surface area contributed by atoms with Gasteiger partial charge in [0.25, 0.3) is 0 Å². The molecule has 2 aromatic rings. The Morgan fingerprint density at radius 2 is 1.83 bits per heavy atom. The molecule has 1 saturated carbocycles. The van der Waals surface area contributed by atoms with Gasteiger partial charge in [0.15, 0.2) is 0 Å². The summed E-state index contributed by atoms with van der Waals surface area (Å²) in [6.07, 6.45) is 9.07. The lowest BCUT2D eigenvalue weighted by molar-refractivity contribution is -0.186. The van der Waals surface area contributed by atoms with Crippen molar-refractivity contribution in [2.24, 2.45) is 0 Å². The molecule has 0 radical (unpaired) electrons. The van der Waals surface area contributed by atoms with Gasteiger partial charge in [-0.1, -0.05) is 55.0 Å². The molecule has 2 fully saturated rings. The highest BCUT2D eigenvalue weighted by Gasteiger charge is 2.60. The quantitative estimate of drug-likeness (QED) is 0.159. The van der Waals surface area contributed by atoms with Crippen molar-refractivity contribution in [2.75, 3.05) is 19.6 Å². The number of hydrogen-bond acceptors (Lipinski definition) is 6. The normalized spacial score (nSPS) is 24.1. The lowest BCUT2D eigenvalue weighted by Gasteiger charge is -2.59. The van der Waals surface area contributed by atoms with E-state index in [1.807, 2.05) is 30.3 Å². The standard InChI is InChI=1S/C34H44N2O5/c1-4-21-36-22-20-33(29-15-11-16-31(23-29)40-26(2)37)24-30(18-19-34(33,25-36)41-27(3)38)35-32(39)17-10-6-9-14-28-12-7-5-8-13-28/h4-5,7-8,11-13,15-16,23,30H,1,6,9-10,14,17-22,24-25H2,2-3H3,(H,35,39)/t30-,33+,34+/m1/s1. The average Bonchev–Trinajstić information content (AvgIpc) is 2.93. The first kappa shape index (κ1) is 30.5. The molecule has 2 aromatic carbocycles. The molecule has 7 heteroatoms. The number of carbonyl (C=O) groups excluding carboxylic acids is 3. The highest BCUT2D eigenvalue weighted by Crippen LogP contribution is 2.54. The molecular formula is C34H44N2O5. The second-order valence-corrected chi connectivity index (χ2v) is 11.6. The van der Waals surface area contributed by atoms with E-state index in [1.54, 1.807) is 6.07 Å². The third kappa shape index (κ3) is 7.64. The van der Waals surface area contributed by atoms with Crippen LogP contribution in [0.3, 0.4) is 0 Å². The van der Waals surface area contributed by atoms with Gasteiger partial charge in [-0.15, -0.1) is 6.58 Å². The zero-order valence-electron chi connectivity index (χ0n) is 24.5. The molecule has 7 nitrogen and oxygen atoms in total. The zero-order chi connectivity index (χ0) is 29.3. The van der Waals surface area contributed by atoms with Crippen molar-refractivity contribution in [3.05, 3.63) is 78.4 Å². The number of unbranched alkanes of at least 4 members (excludes halogenated alkanes) is 2. The van der Waals surface area contributed by atoms with E-state index >= 15 is 0 Å². The Morgan fingerprint density at radius 3 is 2.56 bits per heavy atom. The number of piperidine rings is 1. The Bertz CT molecular complexity index is 1210. The van der Waals surface area contributed by atoms with Gasteiger partial charge in [-0.3, -0.25) is 19.3 Å². The summed E-state index contributed by atoms with van der Waals surface area (Å²) < 4.78 is 11.7. The highest BCUT2D eigenvalue weighted by molar-refractivity contribution is 5.76. The SMILES string of the molecule is C=CCN1CC[C@@]2(c3cccc(OC(C)=O)c3)C[C@H](NC(=O)CCCCCc3ccccc3)CC[C@]2(OC(C)=O)C1. The van der Waals surface area contributed by atoms with Crippen LogP contribution in [0.2, 0.25) is 0 Å². The number of hydrogen-bond donors (Lipinski definition) is 1. The molecule has 1 heterocycles. The number of fused-ring (bicyclic) bond motifs is 1. The van der Waals surface area contributed by atoms with Crippen molar-refractivity contribution < 1.29 is 23.9 Å². The van der Waals surface area contributed by atoms with E-state index in [0.717, 1.165) is 50.6 Å². The molecule has 0 bridgehead atoms. The third-order valence-electron chi connectivity index (χ3n) is 8.65. The van der Waals surface area contributed by atoms with Gasteiger partial charge in [0.2, 0.25) is 5.91 Å². The Hall–Kier alpha value is -3.45. The second kappa shape index (κ2) is 13.9. The Balaban J connectivity index is 1.50. The topological polar surface area (TPSA) is 84.9 Å². The van der Waals surface area contributed by atoms with Gasteiger partial charge in [0.1, 0.15) is 11.4 Å². The van der Waals surface area contributed by atoms with Gasteiger partial charge in [0.05, 0.1) is 0 Å². The van der Waals surface area contributed by atoms with Crippen LogP contribution in [0, 0.1) is 0 Å². The van der Waals surface area contributed by atoms with Crippen LogP contribution in [0.4, 0.5) is 0 Å². The maximum Gasteiger partial charge on any atom is 0.308 e. The largest absolute Gasteiger partial charge is 0.457 e. The lowest BCUT2D eigenvalue weighted by atomic mass is 9.55. The molecule has 2 aliphatic rings. The van der Waals surface area contributed by atoms with E-state index in [0.29, 0.717) is 38.1 Å². The van der Waals surface area contributed by atoms with Crippen LogP contribution >= 0.6 is 0 Å². The number of carbonyl (C=O) groups is 3. The van der Waals surface area contributed by atoms with E-state index in [4.69, 9.17) is 9.47 Å². The molecule has 1 N–H and O–H groups in total. The fourth-order valence-electron chi connectivity index (χ4n) is 6.91. The number of ether oxygens (including phenoxy) is 2. The molecule has 0 unspecified atom stereocenters. The van der Waals surface area contributed by atoms with Crippen LogP contribution < -0.4 is 10.1 Å². The van der Waals surface area contributed by atoms with Gasteiger partial charge in [0, 0.05) is 44.8 Å². The monoisotopic (exact) mass is 560 g/mol. The van der Waals surface area contributed by atoms with Crippen molar-refractivity contribution in [1.29, 1.82) is 0 Å². The molecule has 220 valence electrons. The molecule has 1 aliphatic heterocycles. The first-order valence-electron chi connectivity index (χ1n) is 14.9. The third-order valence-corrected chi connectivity index (χ3v) is 8.65. The molecule has 0 spiro atoms. The smallest absolute Gasteiger partial charge is 0.308 e. The summed E-state index contributed by atoms with van der Waals surface area (Å²) in [4.78, 5) is 39.6. The maximum absolute atomic E-state index is 13.0. The number of amides is 1. The van der Waals surface area contributed by atoms with Crippen LogP contribution in [0.15, 0.2) is 67.3 Å². The lowest BCUT2D eigenvalue weighted by Crippen LogP contribution is -2.68. The Labute approximate surface area is 244 Å². The number of rotatable bonds is 12. The van der Waals surface area contributed by atoms with E-state index in [1.165, 1.54) is 19.4 Å². The Morgan fingerprint density at radius 1 is 1.02 bits per heavy atom. The summed E-state index contributed by atoms with van der Waals surface area (Å²) in [5, 5.41) is 3.31. The van der Waals surface area contributed by atoms with Crippen molar-refractivity contribution >= 4 is 17.8 Å². The number of aryl methyl sites for hydroxylation is 1. The summed E-state index contributed by atoms with van der Waals surface area (Å²) in [7, 11) is 0. The highest BCUT2D eigenvalue weighted by atomic mass is 16.6. The first-order valence-corrected chi connectivity index (χ1v) is 14.9. The van der Waals surface area contributed by atoms with Crippen molar-refractivity contribution in [2.45, 2.75) is 88.7 Å². The maximum atomic E-state index is 13.0. The van der Waals surface area contributed by atoms with Gasteiger partial charge in [-0.2, -0.15) is 0 Å². The molecule has 1 aliphatic carbocycles. The molecule has 41 heavy (non-hydrogen) atoms. The van der Waals surface area contributed by atoms with Crippen LogP contribution in [-0.4, -0.2) is 54.0 Å². The fraction of sp³-hybridized carbons (Fsp3) is 0.500. The Kier molecular flexibility index (Phi) is 10.4. The number of nitrogens with zero attached hydrogens (tertiary/aromatic N) is 1. The summed E-state index contributed by atoms with van der Waals surface area (Å²) in [5.41, 5.74) is 0.986. The zero-order valence-corrected chi connectivity index (χ0v) is 24.5. The van der Waals surface area contributed by atoms with Gasteiger partial charge < -0.3 is 14.8 Å². The van der Waals surface area contributed by atoms with E-state index in [-0.39, 0.29) is 23.9 Å². The summed E-state index contributed by atoms with van der Waals surface area (Å²) in [5.74, 6) is -0.160. The van der Waals surface area contributed by atoms with Crippen LogP contribution in [0.5, 0.6) is 5.75 Å². The molecule has 0 aromatic heterocycles. The summed E-state index contributed by atoms with van der Waals surface area (Å²) >= 11 is 0. The molecule has 1 saturated heterocycles. The van der Waals surface area contributed by atoms with Crippen molar-refractivity contribution in [3.8, 4) is 5.75 Å². The van der Waals surface area contributed by atoms with E-state index in [2.05, 4.69) is 41.1 Å². The predicted octanol–water partition coefficient (Wildman–Crippen LogP) is 5.52. The van der Waals surface area contributed by atoms with Gasteiger partial charge in [-0.05, 0) is 74.8 Å². The first-order chi connectivity index (χ1) is 19.7. The van der Waals surface area contributed by atoms with Gasteiger partial charge in [-0.25, -0.2) is 0 Å². The minimum atomic E-state index is -0.770. The molecule has 1 amide bonds. The summed E-state index contributed by atoms with van der Waals surface area (Å²) in [6, 6.07) is 18.0. The number of likely N-dealkylation sites (tertiary alicyclic amines) is 1. The number of nitrogens with one attached hydrogen (secondary N) is 1. The molecule has 4 rings (SSSR count). The molecule has 3 atom stereocenters. The minimum absolute atomic E-state index is 0.0427. The van der Waals surface area contributed by atoms with Crippen LogP contribution in [-0.2, 0) is 31.0 Å². The van der Waals surface area contributed by atoms with Crippen LogP contribution in [0.25, 0.3) is 0 Å². The predicted molar refractivity (Wildman–Crippen MR) is 160 cm³/mol. The fourth-order valence-corrected chi connectivity index (χ4v) is 6.91. The van der Waals surface area contributed by atoms with E-state index in [9.17, 15) is 14.4 Å². The molecular weight excluding hydrogens is 516 g/mol. The van der Waals surface area contributed by atoms with Gasteiger partial charge >= 0.3 is 11.9 Å². The number of benzene rings is 2. The second-order valence-electron chi connectivity index (χ2n) is 11.6. The number of esters is 2. The summed E-state index contributed by atoms with van der Waals surface area (Å²) in [6.45, 7) is 8.85. The van der Waals surface area contributed by atoms with Crippen molar-refractivity contribution in [3.63, 3.8) is 0 Å². The van der Waals surface area contributed by atoms with E-state index < -0.39 is 11.0 Å². The minimum Gasteiger partial charge on any atom is -0.457 e.